The van der Waals surface area contributed by atoms with Gasteiger partial charge in [-0.15, -0.1) is 11.8 Å². The molecule has 0 aliphatic heterocycles. The molecule has 3 atom stereocenters. The molecule has 0 amide bonds. The van der Waals surface area contributed by atoms with Crippen LogP contribution in [0.3, 0.4) is 0 Å². The van der Waals surface area contributed by atoms with E-state index in [1.54, 1.807) is 17.8 Å². The Morgan fingerprint density at radius 2 is 1.86 bits per heavy atom. The van der Waals surface area contributed by atoms with Crippen LogP contribution in [0, 0.1) is 11.7 Å². The van der Waals surface area contributed by atoms with Crippen molar-refractivity contribution in [2.75, 3.05) is 12.8 Å². The first-order chi connectivity index (χ1) is 10.3. The third-order valence-electron chi connectivity index (χ3n) is 4.21. The highest BCUT2D eigenvalue weighted by molar-refractivity contribution is 7.99. The highest BCUT2D eigenvalue weighted by atomic mass is 32.2. The maximum atomic E-state index is 13.7. The molecule has 2 aromatic carbocycles. The summed E-state index contributed by atoms with van der Waals surface area (Å²) in [4.78, 5) is 0.745. The number of thioether (sulfide) groups is 1. The summed E-state index contributed by atoms with van der Waals surface area (Å²) in [5.74, 6) is 2.11. The average Bonchev–Trinajstić information content (AvgIpc) is 3.31. The highest BCUT2D eigenvalue weighted by Crippen LogP contribution is 2.50. The summed E-state index contributed by atoms with van der Waals surface area (Å²) in [6, 6.07) is 18.1. The van der Waals surface area contributed by atoms with Crippen molar-refractivity contribution in [1.29, 1.82) is 0 Å². The van der Waals surface area contributed by atoms with Crippen LogP contribution in [0.15, 0.2) is 59.5 Å². The van der Waals surface area contributed by atoms with Crippen molar-refractivity contribution >= 4 is 11.8 Å². The minimum Gasteiger partial charge on any atom is -0.316 e. The summed E-state index contributed by atoms with van der Waals surface area (Å²) in [7, 11) is 2.01. The Morgan fingerprint density at radius 3 is 2.57 bits per heavy atom. The van der Waals surface area contributed by atoms with Crippen molar-refractivity contribution in [3.05, 3.63) is 66.0 Å². The lowest BCUT2D eigenvalue weighted by atomic mass is 10.1. The van der Waals surface area contributed by atoms with Crippen molar-refractivity contribution in [3.8, 4) is 0 Å². The fourth-order valence-corrected chi connectivity index (χ4v) is 4.06. The standard InChI is InChI=1S/C18H20FNS/c1-20-17(12-21-18-10-6-5-9-16(18)19)15-11-14(15)13-7-3-2-4-8-13/h2-10,14-15,17,20H,11-12H2,1H3. The Bertz CT molecular complexity index is 587. The van der Waals surface area contributed by atoms with Crippen LogP contribution in [-0.4, -0.2) is 18.8 Å². The van der Waals surface area contributed by atoms with E-state index in [4.69, 9.17) is 0 Å². The molecule has 1 N–H and O–H groups in total. The van der Waals surface area contributed by atoms with E-state index in [2.05, 4.69) is 35.6 Å². The first kappa shape index (κ1) is 14.6. The van der Waals surface area contributed by atoms with E-state index in [0.717, 1.165) is 10.6 Å². The molecule has 0 bridgehead atoms. The van der Waals surface area contributed by atoms with Gasteiger partial charge in [0.25, 0.3) is 0 Å². The molecule has 0 heterocycles. The molecule has 0 aromatic heterocycles. The van der Waals surface area contributed by atoms with Gasteiger partial charge in [0.1, 0.15) is 5.82 Å². The number of nitrogens with one attached hydrogen (secondary N) is 1. The summed E-state index contributed by atoms with van der Waals surface area (Å²) in [6.45, 7) is 0. The van der Waals surface area contributed by atoms with Crippen molar-refractivity contribution in [2.24, 2.45) is 5.92 Å². The van der Waals surface area contributed by atoms with Crippen LogP contribution in [0.5, 0.6) is 0 Å². The normalized spacial score (nSPS) is 22.0. The van der Waals surface area contributed by atoms with Gasteiger partial charge >= 0.3 is 0 Å². The number of benzene rings is 2. The van der Waals surface area contributed by atoms with Crippen molar-refractivity contribution in [2.45, 2.75) is 23.3 Å². The van der Waals surface area contributed by atoms with Gasteiger partial charge in [0.15, 0.2) is 0 Å². The Morgan fingerprint density at radius 1 is 1.14 bits per heavy atom. The third-order valence-corrected chi connectivity index (χ3v) is 5.38. The topological polar surface area (TPSA) is 12.0 Å². The van der Waals surface area contributed by atoms with E-state index in [-0.39, 0.29) is 5.82 Å². The van der Waals surface area contributed by atoms with Crippen molar-refractivity contribution < 1.29 is 4.39 Å². The molecule has 21 heavy (non-hydrogen) atoms. The molecule has 1 aliphatic carbocycles. The molecule has 1 aliphatic rings. The van der Waals surface area contributed by atoms with Crippen LogP contribution in [0.1, 0.15) is 17.9 Å². The lowest BCUT2D eigenvalue weighted by Crippen LogP contribution is -2.30. The predicted octanol–water partition coefficient (Wildman–Crippen LogP) is 4.31. The van der Waals surface area contributed by atoms with Crippen LogP contribution in [0.4, 0.5) is 4.39 Å². The lowest BCUT2D eigenvalue weighted by Gasteiger charge is -2.16. The van der Waals surface area contributed by atoms with Crippen LogP contribution in [0.25, 0.3) is 0 Å². The molecule has 3 unspecified atom stereocenters. The van der Waals surface area contributed by atoms with Crippen LogP contribution in [-0.2, 0) is 0 Å². The van der Waals surface area contributed by atoms with E-state index in [0.29, 0.717) is 17.9 Å². The van der Waals surface area contributed by atoms with Gasteiger partial charge in [0.05, 0.1) is 0 Å². The Hall–Kier alpha value is -1.32. The molecule has 2 aromatic rings. The minimum atomic E-state index is -0.118. The van der Waals surface area contributed by atoms with E-state index < -0.39 is 0 Å². The smallest absolute Gasteiger partial charge is 0.136 e. The Labute approximate surface area is 130 Å². The van der Waals surface area contributed by atoms with Gasteiger partial charge in [-0.3, -0.25) is 0 Å². The van der Waals surface area contributed by atoms with Crippen LogP contribution < -0.4 is 5.32 Å². The summed E-state index contributed by atoms with van der Waals surface area (Å²) in [5.41, 5.74) is 1.43. The van der Waals surface area contributed by atoms with Gasteiger partial charge in [-0.25, -0.2) is 4.39 Å². The highest BCUT2D eigenvalue weighted by Gasteiger charge is 2.43. The Balaban J connectivity index is 1.59. The fraction of sp³-hybridized carbons (Fsp3) is 0.333. The molecule has 3 heteroatoms. The lowest BCUT2D eigenvalue weighted by molar-refractivity contribution is 0.541. The van der Waals surface area contributed by atoms with Crippen LogP contribution >= 0.6 is 11.8 Å². The zero-order valence-corrected chi connectivity index (χ0v) is 12.9. The summed E-state index contributed by atoms with van der Waals surface area (Å²) in [6.07, 6.45) is 1.23. The average molecular weight is 301 g/mol. The number of rotatable bonds is 6. The largest absolute Gasteiger partial charge is 0.316 e. The van der Waals surface area contributed by atoms with Crippen molar-refractivity contribution in [3.63, 3.8) is 0 Å². The second kappa shape index (κ2) is 6.63. The van der Waals surface area contributed by atoms with E-state index in [1.807, 2.05) is 19.2 Å². The maximum absolute atomic E-state index is 13.7. The minimum absolute atomic E-state index is 0.118. The molecule has 1 saturated carbocycles. The molecule has 1 fully saturated rings. The molecular formula is C18H20FNS. The quantitative estimate of drug-likeness (QED) is 0.798. The molecule has 1 nitrogen and oxygen atoms in total. The zero-order chi connectivity index (χ0) is 14.7. The molecule has 3 rings (SSSR count). The maximum Gasteiger partial charge on any atom is 0.136 e. The molecule has 0 saturated heterocycles. The third kappa shape index (κ3) is 3.47. The summed E-state index contributed by atoms with van der Waals surface area (Å²) < 4.78 is 13.7. The number of hydrogen-bond donors (Lipinski definition) is 1. The van der Waals surface area contributed by atoms with E-state index in [1.165, 1.54) is 18.1 Å². The van der Waals surface area contributed by atoms with Crippen LogP contribution in [0.2, 0.25) is 0 Å². The van der Waals surface area contributed by atoms with Gasteiger partial charge in [-0.1, -0.05) is 42.5 Å². The van der Waals surface area contributed by atoms with Gasteiger partial charge in [0, 0.05) is 16.7 Å². The first-order valence-electron chi connectivity index (χ1n) is 7.39. The Kier molecular flexibility index (Phi) is 4.61. The van der Waals surface area contributed by atoms with Gasteiger partial charge in [-0.2, -0.15) is 0 Å². The van der Waals surface area contributed by atoms with Gasteiger partial charge < -0.3 is 5.32 Å². The molecular weight excluding hydrogens is 281 g/mol. The second-order valence-electron chi connectivity index (χ2n) is 5.55. The number of hydrogen-bond acceptors (Lipinski definition) is 2. The van der Waals surface area contributed by atoms with Crippen molar-refractivity contribution in [1.82, 2.24) is 5.32 Å². The second-order valence-corrected chi connectivity index (χ2v) is 6.62. The monoisotopic (exact) mass is 301 g/mol. The van der Waals surface area contributed by atoms with E-state index >= 15 is 0 Å². The summed E-state index contributed by atoms with van der Waals surface area (Å²) in [5, 5.41) is 3.41. The summed E-state index contributed by atoms with van der Waals surface area (Å²) >= 11 is 1.61. The first-order valence-corrected chi connectivity index (χ1v) is 8.37. The molecule has 0 spiro atoms. The van der Waals surface area contributed by atoms with Gasteiger partial charge in [0.2, 0.25) is 0 Å². The van der Waals surface area contributed by atoms with Gasteiger partial charge in [-0.05, 0) is 43.0 Å². The zero-order valence-electron chi connectivity index (χ0n) is 12.1. The molecule has 110 valence electrons. The SMILES string of the molecule is CNC(CSc1ccccc1F)C1CC1c1ccccc1. The number of halogens is 1. The van der Waals surface area contributed by atoms with E-state index in [9.17, 15) is 4.39 Å². The predicted molar refractivity (Wildman–Crippen MR) is 87.3 cm³/mol. The molecule has 0 radical (unpaired) electrons. The fourth-order valence-electron chi connectivity index (χ4n) is 2.91.